The van der Waals surface area contributed by atoms with E-state index in [2.05, 4.69) is 15.6 Å². The molecule has 28 heavy (non-hydrogen) atoms. The van der Waals surface area contributed by atoms with E-state index in [0.29, 0.717) is 16.8 Å². The van der Waals surface area contributed by atoms with Crippen LogP contribution in [0.15, 0.2) is 71.9 Å². The molecule has 0 atom stereocenters. The molecular weight excluding hydrogens is 370 g/mol. The Labute approximate surface area is 168 Å². The second kappa shape index (κ2) is 9.19. The zero-order valence-electron chi connectivity index (χ0n) is 15.7. The van der Waals surface area contributed by atoms with Crippen molar-refractivity contribution in [3.8, 4) is 0 Å². The van der Waals surface area contributed by atoms with Crippen molar-refractivity contribution in [1.29, 1.82) is 0 Å². The van der Waals surface area contributed by atoms with Crippen LogP contribution in [-0.4, -0.2) is 23.8 Å². The summed E-state index contributed by atoms with van der Waals surface area (Å²) in [5, 5.41) is 6.46. The highest BCUT2D eigenvalue weighted by atomic mass is 32.2. The third-order valence-corrected chi connectivity index (χ3v) is 5.22. The average Bonchev–Trinajstić information content (AvgIpc) is 2.74. The normalized spacial score (nSPS) is 10.4. The van der Waals surface area contributed by atoms with E-state index in [0.717, 1.165) is 21.9 Å². The van der Waals surface area contributed by atoms with Gasteiger partial charge in [0.25, 0.3) is 11.8 Å². The van der Waals surface area contributed by atoms with Crippen molar-refractivity contribution in [2.24, 2.45) is 0 Å². The molecule has 5 nitrogen and oxygen atoms in total. The van der Waals surface area contributed by atoms with E-state index in [-0.39, 0.29) is 11.8 Å². The van der Waals surface area contributed by atoms with Crippen LogP contribution in [0.1, 0.15) is 31.8 Å². The van der Waals surface area contributed by atoms with Gasteiger partial charge < -0.3 is 10.6 Å². The number of hydrogen-bond acceptors (Lipinski definition) is 4. The third-order valence-electron chi connectivity index (χ3n) is 4.20. The fourth-order valence-electron chi connectivity index (χ4n) is 2.63. The molecule has 0 spiro atoms. The molecule has 1 heterocycles. The molecule has 2 amide bonds. The minimum Gasteiger partial charge on any atom is -0.355 e. The molecule has 1 aromatic heterocycles. The smallest absolute Gasteiger partial charge is 0.255 e. The van der Waals surface area contributed by atoms with E-state index in [1.807, 2.05) is 49.4 Å². The van der Waals surface area contributed by atoms with E-state index in [1.54, 1.807) is 43.2 Å². The van der Waals surface area contributed by atoms with Crippen LogP contribution < -0.4 is 10.6 Å². The van der Waals surface area contributed by atoms with Crippen molar-refractivity contribution < 1.29 is 9.59 Å². The molecule has 0 unspecified atom stereocenters. The van der Waals surface area contributed by atoms with Crippen LogP contribution in [0.25, 0.3) is 0 Å². The molecule has 0 radical (unpaired) electrons. The van der Waals surface area contributed by atoms with Crippen molar-refractivity contribution in [2.45, 2.75) is 17.7 Å². The monoisotopic (exact) mass is 391 g/mol. The Morgan fingerprint density at radius 3 is 2.36 bits per heavy atom. The number of aryl methyl sites for hydroxylation is 1. The molecule has 0 saturated carbocycles. The number of anilines is 1. The molecule has 3 rings (SSSR count). The zero-order valence-corrected chi connectivity index (χ0v) is 16.5. The van der Waals surface area contributed by atoms with Crippen LogP contribution in [0.3, 0.4) is 0 Å². The van der Waals surface area contributed by atoms with Crippen molar-refractivity contribution in [1.82, 2.24) is 10.3 Å². The summed E-state index contributed by atoms with van der Waals surface area (Å²) in [6.07, 6.45) is 1.78. The second-order valence-electron chi connectivity index (χ2n) is 6.22. The average molecular weight is 391 g/mol. The highest BCUT2D eigenvalue weighted by molar-refractivity contribution is 7.98. The van der Waals surface area contributed by atoms with Gasteiger partial charge in [-0.3, -0.25) is 9.59 Å². The number of hydrogen-bond donors (Lipinski definition) is 2. The van der Waals surface area contributed by atoms with Crippen molar-refractivity contribution in [2.75, 3.05) is 12.4 Å². The van der Waals surface area contributed by atoms with E-state index < -0.39 is 0 Å². The van der Waals surface area contributed by atoms with Gasteiger partial charge in [-0.2, -0.15) is 0 Å². The maximum Gasteiger partial charge on any atom is 0.255 e. The van der Waals surface area contributed by atoms with Gasteiger partial charge in [0.1, 0.15) is 0 Å². The summed E-state index contributed by atoms with van der Waals surface area (Å²) in [6, 6.07) is 18.6. The van der Waals surface area contributed by atoms with Crippen LogP contribution in [0.4, 0.5) is 5.69 Å². The van der Waals surface area contributed by atoms with Gasteiger partial charge in [-0.1, -0.05) is 18.2 Å². The highest BCUT2D eigenvalue weighted by Gasteiger charge is 2.10. The van der Waals surface area contributed by atoms with Gasteiger partial charge in [0.05, 0.1) is 5.03 Å². The van der Waals surface area contributed by atoms with Crippen LogP contribution in [-0.2, 0) is 5.75 Å². The van der Waals surface area contributed by atoms with Crippen LogP contribution in [0.2, 0.25) is 0 Å². The maximum absolute atomic E-state index is 12.5. The molecule has 0 bridgehead atoms. The summed E-state index contributed by atoms with van der Waals surface area (Å²) in [4.78, 5) is 28.5. The van der Waals surface area contributed by atoms with Gasteiger partial charge in [-0.15, -0.1) is 11.8 Å². The molecular formula is C22H21N3O2S. The van der Waals surface area contributed by atoms with E-state index in [4.69, 9.17) is 0 Å². The predicted octanol–water partition coefficient (Wildman–Crippen LogP) is 4.29. The van der Waals surface area contributed by atoms with Crippen molar-refractivity contribution in [3.63, 3.8) is 0 Å². The topological polar surface area (TPSA) is 71.1 Å². The minimum atomic E-state index is -0.181. The summed E-state index contributed by atoms with van der Waals surface area (Å²) in [7, 11) is 1.59. The SMILES string of the molecule is CNC(=O)c1ccc(NC(=O)c2ccc(CSc3ccccn3)cc2)c(C)c1. The molecule has 3 aromatic rings. The van der Waals surface area contributed by atoms with Gasteiger partial charge in [-0.25, -0.2) is 4.98 Å². The Morgan fingerprint density at radius 2 is 1.71 bits per heavy atom. The minimum absolute atomic E-state index is 0.153. The lowest BCUT2D eigenvalue weighted by molar-refractivity contribution is 0.0962. The first kappa shape index (κ1) is 19.6. The summed E-state index contributed by atoms with van der Waals surface area (Å²) in [6.45, 7) is 1.86. The fraction of sp³-hybridized carbons (Fsp3) is 0.136. The van der Waals surface area contributed by atoms with Gasteiger partial charge in [0.15, 0.2) is 0 Å². The molecule has 2 aromatic carbocycles. The van der Waals surface area contributed by atoms with E-state index >= 15 is 0 Å². The Morgan fingerprint density at radius 1 is 0.964 bits per heavy atom. The van der Waals surface area contributed by atoms with Crippen molar-refractivity contribution in [3.05, 3.63) is 89.1 Å². The highest BCUT2D eigenvalue weighted by Crippen LogP contribution is 2.21. The predicted molar refractivity (Wildman–Crippen MR) is 113 cm³/mol. The summed E-state index contributed by atoms with van der Waals surface area (Å²) in [5.74, 6) is 0.457. The third kappa shape index (κ3) is 4.98. The molecule has 0 aliphatic rings. The number of nitrogens with zero attached hydrogens (tertiary/aromatic N) is 1. The van der Waals surface area contributed by atoms with Crippen LogP contribution in [0, 0.1) is 6.92 Å². The standard InChI is InChI=1S/C22H21N3O2S/c1-15-13-18(21(26)23-2)10-11-19(15)25-22(27)17-8-6-16(7-9-17)14-28-20-5-3-4-12-24-20/h3-13H,14H2,1-2H3,(H,23,26)(H,25,27). The Balaban J connectivity index is 1.62. The van der Waals surface area contributed by atoms with Gasteiger partial charge in [-0.05, 0) is 60.5 Å². The van der Waals surface area contributed by atoms with Crippen molar-refractivity contribution >= 4 is 29.3 Å². The first-order chi connectivity index (χ1) is 13.6. The maximum atomic E-state index is 12.5. The molecule has 0 aliphatic heterocycles. The van der Waals surface area contributed by atoms with Crippen LogP contribution in [0.5, 0.6) is 0 Å². The lowest BCUT2D eigenvalue weighted by Crippen LogP contribution is -2.18. The number of amides is 2. The zero-order chi connectivity index (χ0) is 19.9. The molecule has 142 valence electrons. The number of thioether (sulfide) groups is 1. The lowest BCUT2D eigenvalue weighted by Gasteiger charge is -2.10. The molecule has 6 heteroatoms. The number of aromatic nitrogens is 1. The Kier molecular flexibility index (Phi) is 6.45. The van der Waals surface area contributed by atoms with E-state index in [1.165, 1.54) is 0 Å². The molecule has 0 fully saturated rings. The number of pyridine rings is 1. The summed E-state index contributed by atoms with van der Waals surface area (Å²) < 4.78 is 0. The van der Waals surface area contributed by atoms with Gasteiger partial charge >= 0.3 is 0 Å². The molecule has 0 saturated heterocycles. The number of benzene rings is 2. The largest absolute Gasteiger partial charge is 0.355 e. The fourth-order valence-corrected chi connectivity index (χ4v) is 3.44. The Bertz CT molecular complexity index is 973. The van der Waals surface area contributed by atoms with Crippen LogP contribution >= 0.6 is 11.8 Å². The quantitative estimate of drug-likeness (QED) is 0.615. The van der Waals surface area contributed by atoms with Gasteiger partial charge in [0.2, 0.25) is 0 Å². The second-order valence-corrected chi connectivity index (χ2v) is 7.21. The summed E-state index contributed by atoms with van der Waals surface area (Å²) in [5.41, 5.74) is 3.79. The lowest BCUT2D eigenvalue weighted by atomic mass is 10.1. The molecule has 2 N–H and O–H groups in total. The number of carbonyl (C=O) groups is 2. The van der Waals surface area contributed by atoms with E-state index in [9.17, 15) is 9.59 Å². The number of rotatable bonds is 6. The Hall–Kier alpha value is -3.12. The van der Waals surface area contributed by atoms with Gasteiger partial charge in [0, 0.05) is 35.8 Å². The molecule has 0 aliphatic carbocycles. The first-order valence-corrected chi connectivity index (χ1v) is 9.82. The first-order valence-electron chi connectivity index (χ1n) is 8.83. The number of nitrogens with one attached hydrogen (secondary N) is 2. The number of carbonyl (C=O) groups excluding carboxylic acids is 2. The summed E-state index contributed by atoms with van der Waals surface area (Å²) >= 11 is 1.65.